The lowest BCUT2D eigenvalue weighted by Gasteiger charge is -2.48. The summed E-state index contributed by atoms with van der Waals surface area (Å²) in [4.78, 5) is 22.1. The number of hydrogen-bond acceptors (Lipinski definition) is 4. The molecule has 5 nitrogen and oxygen atoms in total. The maximum Gasteiger partial charge on any atom is 0.246 e. The third kappa shape index (κ3) is 3.10. The van der Waals surface area contributed by atoms with Crippen LogP contribution in [-0.2, 0) is 10.2 Å². The second-order valence-corrected chi connectivity index (χ2v) is 7.55. The van der Waals surface area contributed by atoms with Crippen LogP contribution in [0.5, 0.6) is 0 Å². The van der Waals surface area contributed by atoms with Gasteiger partial charge in [0.2, 0.25) is 5.91 Å². The van der Waals surface area contributed by atoms with E-state index in [2.05, 4.69) is 28.8 Å². The Morgan fingerprint density at radius 1 is 1.32 bits per heavy atom. The van der Waals surface area contributed by atoms with Crippen LogP contribution in [0.2, 0.25) is 5.02 Å². The van der Waals surface area contributed by atoms with Gasteiger partial charge in [0.25, 0.3) is 0 Å². The molecule has 7 heteroatoms. The van der Waals surface area contributed by atoms with E-state index < -0.39 is 5.82 Å². The van der Waals surface area contributed by atoms with Gasteiger partial charge in [-0.1, -0.05) is 37.2 Å². The zero-order valence-corrected chi connectivity index (χ0v) is 16.0. The van der Waals surface area contributed by atoms with Gasteiger partial charge >= 0.3 is 0 Å². The lowest BCUT2D eigenvalue weighted by atomic mass is 9.75. The Morgan fingerprint density at radius 2 is 2.11 bits per heavy atom. The quantitative estimate of drug-likeness (QED) is 0.662. The monoisotopic (exact) mass is 396 g/mol. The standard InChI is InChI=1S/C21H18ClFN4O/c1-3-18(28)27-10-21(2,11-27)13-7-8-16-14(9-13)20(25-12-24-16)26-17-6-4-5-15(22)19(17)23/h3-9,12H,1,10-11H2,2H3,(H,24,25,26). The first-order valence-electron chi connectivity index (χ1n) is 8.79. The van der Waals surface area contributed by atoms with Crippen molar-refractivity contribution in [2.45, 2.75) is 12.3 Å². The predicted molar refractivity (Wildman–Crippen MR) is 108 cm³/mol. The smallest absolute Gasteiger partial charge is 0.246 e. The summed E-state index contributed by atoms with van der Waals surface area (Å²) < 4.78 is 14.3. The molecule has 3 aromatic rings. The van der Waals surface area contributed by atoms with E-state index >= 15 is 0 Å². The Bertz CT molecular complexity index is 1090. The molecule has 2 aromatic carbocycles. The Kier molecular flexibility index (Phi) is 4.51. The normalized spacial score (nSPS) is 15.2. The van der Waals surface area contributed by atoms with Gasteiger partial charge in [-0.2, -0.15) is 0 Å². The molecule has 1 fully saturated rings. The average Bonchev–Trinajstić information content (AvgIpc) is 2.68. The number of nitrogens with one attached hydrogen (secondary N) is 1. The summed E-state index contributed by atoms with van der Waals surface area (Å²) in [7, 11) is 0. The largest absolute Gasteiger partial charge is 0.337 e. The minimum atomic E-state index is -0.531. The third-order valence-electron chi connectivity index (χ3n) is 5.10. The van der Waals surface area contributed by atoms with E-state index in [0.29, 0.717) is 18.9 Å². The van der Waals surface area contributed by atoms with Gasteiger partial charge in [0.15, 0.2) is 5.82 Å². The molecule has 0 unspecified atom stereocenters. The summed E-state index contributed by atoms with van der Waals surface area (Å²) in [6.45, 7) is 6.87. The van der Waals surface area contributed by atoms with Gasteiger partial charge in [-0.05, 0) is 35.9 Å². The number of likely N-dealkylation sites (tertiary alicyclic amines) is 1. The summed E-state index contributed by atoms with van der Waals surface area (Å²) >= 11 is 5.87. The molecule has 1 N–H and O–H groups in total. The molecule has 0 saturated carbocycles. The van der Waals surface area contributed by atoms with E-state index in [1.165, 1.54) is 18.5 Å². The van der Waals surface area contributed by atoms with Crippen LogP contribution in [0, 0.1) is 5.82 Å². The number of halogens is 2. The molecule has 0 atom stereocenters. The lowest BCUT2D eigenvalue weighted by molar-refractivity contribution is -0.133. The van der Waals surface area contributed by atoms with Crippen molar-refractivity contribution in [3.8, 4) is 0 Å². The number of fused-ring (bicyclic) bond motifs is 1. The molecular formula is C21H18ClFN4O. The van der Waals surface area contributed by atoms with Crippen LogP contribution in [0.1, 0.15) is 12.5 Å². The first-order valence-corrected chi connectivity index (χ1v) is 9.17. The van der Waals surface area contributed by atoms with Crippen molar-refractivity contribution in [2.24, 2.45) is 0 Å². The van der Waals surface area contributed by atoms with Crippen molar-refractivity contribution in [1.29, 1.82) is 0 Å². The highest BCUT2D eigenvalue weighted by Crippen LogP contribution is 2.37. The van der Waals surface area contributed by atoms with Crippen LogP contribution >= 0.6 is 11.6 Å². The number of hydrogen-bond donors (Lipinski definition) is 1. The van der Waals surface area contributed by atoms with Crippen LogP contribution in [0.4, 0.5) is 15.9 Å². The zero-order valence-electron chi connectivity index (χ0n) is 15.2. The van der Waals surface area contributed by atoms with E-state index in [-0.39, 0.29) is 22.0 Å². The maximum absolute atomic E-state index is 14.3. The number of amides is 1. The van der Waals surface area contributed by atoms with Crippen molar-refractivity contribution in [2.75, 3.05) is 18.4 Å². The highest BCUT2D eigenvalue weighted by Gasteiger charge is 2.41. The predicted octanol–water partition coefficient (Wildman–Crippen LogP) is 4.45. The molecule has 2 heterocycles. The van der Waals surface area contributed by atoms with E-state index in [1.54, 1.807) is 17.0 Å². The third-order valence-corrected chi connectivity index (χ3v) is 5.39. The number of rotatable bonds is 4. The van der Waals surface area contributed by atoms with Gasteiger partial charge in [0.05, 0.1) is 16.2 Å². The molecule has 4 rings (SSSR count). The fraction of sp³-hybridized carbons (Fsp3) is 0.190. The SMILES string of the molecule is C=CC(=O)N1CC(C)(c2ccc3ncnc(Nc4cccc(Cl)c4F)c3c2)C1. The summed E-state index contributed by atoms with van der Waals surface area (Å²) in [5.74, 6) is -0.105. The molecular weight excluding hydrogens is 379 g/mol. The number of nitrogens with zero attached hydrogens (tertiary/aromatic N) is 3. The number of anilines is 2. The minimum Gasteiger partial charge on any atom is -0.337 e. The van der Waals surface area contributed by atoms with Gasteiger partial charge in [-0.15, -0.1) is 0 Å². The van der Waals surface area contributed by atoms with Crippen molar-refractivity contribution in [3.05, 3.63) is 71.8 Å². The van der Waals surface area contributed by atoms with E-state index in [4.69, 9.17) is 11.6 Å². The second kappa shape index (κ2) is 6.87. The molecule has 1 amide bonds. The van der Waals surface area contributed by atoms with Crippen molar-refractivity contribution in [3.63, 3.8) is 0 Å². The van der Waals surface area contributed by atoms with Crippen LogP contribution < -0.4 is 5.32 Å². The summed E-state index contributed by atoms with van der Waals surface area (Å²) in [5, 5.41) is 3.83. The van der Waals surface area contributed by atoms with Crippen molar-refractivity contribution < 1.29 is 9.18 Å². The molecule has 28 heavy (non-hydrogen) atoms. The number of carbonyl (C=O) groups excluding carboxylic acids is 1. The Balaban J connectivity index is 1.70. The van der Waals surface area contributed by atoms with Gasteiger partial charge < -0.3 is 10.2 Å². The minimum absolute atomic E-state index is 0.0398. The first kappa shape index (κ1) is 18.4. The molecule has 1 aromatic heterocycles. The van der Waals surface area contributed by atoms with E-state index in [9.17, 15) is 9.18 Å². The summed E-state index contributed by atoms with van der Waals surface area (Å²) in [5.41, 5.74) is 1.89. The molecule has 0 bridgehead atoms. The van der Waals surface area contributed by atoms with Gasteiger partial charge in [0, 0.05) is 23.9 Å². The number of benzene rings is 2. The molecule has 1 aliphatic heterocycles. The van der Waals surface area contributed by atoms with Crippen LogP contribution in [0.3, 0.4) is 0 Å². The number of aromatic nitrogens is 2. The topological polar surface area (TPSA) is 58.1 Å². The van der Waals surface area contributed by atoms with Gasteiger partial charge in [0.1, 0.15) is 12.1 Å². The van der Waals surface area contributed by atoms with Crippen LogP contribution in [-0.4, -0.2) is 33.9 Å². The fourth-order valence-electron chi connectivity index (χ4n) is 3.52. The molecule has 0 radical (unpaired) electrons. The second-order valence-electron chi connectivity index (χ2n) is 7.14. The summed E-state index contributed by atoms with van der Waals surface area (Å²) in [6.07, 6.45) is 2.76. The average molecular weight is 397 g/mol. The molecule has 0 spiro atoms. The molecule has 1 saturated heterocycles. The van der Waals surface area contributed by atoms with Gasteiger partial charge in [-0.3, -0.25) is 4.79 Å². The zero-order chi connectivity index (χ0) is 19.9. The van der Waals surface area contributed by atoms with E-state index in [0.717, 1.165) is 16.5 Å². The Morgan fingerprint density at radius 3 is 2.86 bits per heavy atom. The molecule has 142 valence electrons. The number of carbonyl (C=O) groups is 1. The van der Waals surface area contributed by atoms with Crippen LogP contribution in [0.25, 0.3) is 10.9 Å². The molecule has 1 aliphatic rings. The Labute approximate surface area is 166 Å². The maximum atomic E-state index is 14.3. The van der Waals surface area contributed by atoms with Gasteiger partial charge in [-0.25, -0.2) is 14.4 Å². The first-order chi connectivity index (χ1) is 13.4. The Hall–Kier alpha value is -2.99. The summed E-state index contributed by atoms with van der Waals surface area (Å²) in [6, 6.07) is 10.7. The molecule has 0 aliphatic carbocycles. The van der Waals surface area contributed by atoms with Crippen LogP contribution in [0.15, 0.2) is 55.4 Å². The highest BCUT2D eigenvalue weighted by molar-refractivity contribution is 6.31. The van der Waals surface area contributed by atoms with E-state index in [1.807, 2.05) is 18.2 Å². The van der Waals surface area contributed by atoms with Crippen molar-refractivity contribution >= 4 is 39.9 Å². The lowest BCUT2D eigenvalue weighted by Crippen LogP contribution is -2.59. The van der Waals surface area contributed by atoms with Crippen molar-refractivity contribution in [1.82, 2.24) is 14.9 Å². The fourth-order valence-corrected chi connectivity index (χ4v) is 3.70. The highest BCUT2D eigenvalue weighted by atomic mass is 35.5.